The van der Waals surface area contributed by atoms with Gasteiger partial charge in [0.05, 0.1) is 0 Å². The summed E-state index contributed by atoms with van der Waals surface area (Å²) in [5.41, 5.74) is 3.47. The van der Waals surface area contributed by atoms with Gasteiger partial charge in [0.1, 0.15) is 0 Å². The van der Waals surface area contributed by atoms with E-state index in [1.165, 1.54) is 38.5 Å². The van der Waals surface area contributed by atoms with Gasteiger partial charge in [-0.1, -0.05) is 44.8 Å². The second-order valence-corrected chi connectivity index (χ2v) is 5.37. The highest BCUT2D eigenvalue weighted by Crippen LogP contribution is 2.35. The minimum absolute atomic E-state index is 0.864. The lowest BCUT2D eigenvalue weighted by Crippen LogP contribution is -2.05. The van der Waals surface area contributed by atoms with Crippen LogP contribution in [-0.4, -0.2) is 0 Å². The molecule has 0 aromatic rings. The van der Waals surface area contributed by atoms with E-state index in [4.69, 9.17) is 0 Å². The van der Waals surface area contributed by atoms with E-state index in [2.05, 4.69) is 27.7 Å². The molecule has 0 nitrogen and oxygen atoms in total. The molecular formula is C14H26. The minimum Gasteiger partial charge on any atom is -0.0738 e. The molecular weight excluding hydrogens is 168 g/mol. The quantitative estimate of drug-likeness (QED) is 0.525. The van der Waals surface area contributed by atoms with Crippen LogP contribution in [0.1, 0.15) is 66.2 Å². The molecule has 0 bridgehead atoms. The second kappa shape index (κ2) is 5.58. The molecule has 0 aliphatic heterocycles. The molecule has 0 aromatic carbocycles. The molecule has 1 fully saturated rings. The Morgan fingerprint density at radius 2 is 1.93 bits per heavy atom. The Labute approximate surface area is 89.8 Å². The van der Waals surface area contributed by atoms with E-state index in [0.29, 0.717) is 0 Å². The Morgan fingerprint density at radius 3 is 2.36 bits per heavy atom. The molecule has 1 rings (SSSR count). The summed E-state index contributed by atoms with van der Waals surface area (Å²) < 4.78 is 0. The minimum atomic E-state index is 0.864. The van der Waals surface area contributed by atoms with Gasteiger partial charge in [0.15, 0.2) is 0 Å². The lowest BCUT2D eigenvalue weighted by atomic mass is 9.88. The number of hydrogen-bond acceptors (Lipinski definition) is 0. The molecule has 0 radical (unpaired) electrons. The van der Waals surface area contributed by atoms with Gasteiger partial charge >= 0.3 is 0 Å². The van der Waals surface area contributed by atoms with Crippen LogP contribution in [0.4, 0.5) is 0 Å². The van der Waals surface area contributed by atoms with Gasteiger partial charge in [-0.15, -0.1) is 0 Å². The van der Waals surface area contributed by atoms with E-state index < -0.39 is 0 Å². The average molecular weight is 194 g/mol. The Bertz CT molecular complexity index is 192. The van der Waals surface area contributed by atoms with Crippen LogP contribution in [0.3, 0.4) is 0 Å². The smallest absolute Gasteiger partial charge is 0.0280 e. The van der Waals surface area contributed by atoms with E-state index in [-0.39, 0.29) is 0 Å². The molecule has 0 amide bonds. The first-order valence-electron chi connectivity index (χ1n) is 6.31. The third kappa shape index (κ3) is 4.30. The molecule has 14 heavy (non-hydrogen) atoms. The third-order valence-corrected chi connectivity index (χ3v) is 3.20. The van der Waals surface area contributed by atoms with E-state index in [9.17, 15) is 0 Å². The standard InChI is InChI=1S/C14H26/c1-5-6-13(9-11(2)3)10-12(4)14-7-8-14/h11,13H,5-10H2,1-4H3. The molecule has 0 N–H and O–H groups in total. The van der Waals surface area contributed by atoms with Crippen LogP contribution in [0.15, 0.2) is 11.1 Å². The topological polar surface area (TPSA) is 0 Å². The fourth-order valence-corrected chi connectivity index (χ4v) is 2.44. The summed E-state index contributed by atoms with van der Waals surface area (Å²) in [5.74, 6) is 1.82. The highest BCUT2D eigenvalue weighted by atomic mass is 14.2. The fraction of sp³-hybridized carbons (Fsp3) is 0.857. The van der Waals surface area contributed by atoms with Crippen LogP contribution in [0.2, 0.25) is 0 Å². The van der Waals surface area contributed by atoms with Crippen LogP contribution in [0, 0.1) is 11.8 Å². The number of rotatable bonds is 6. The van der Waals surface area contributed by atoms with Crippen LogP contribution in [0.25, 0.3) is 0 Å². The van der Waals surface area contributed by atoms with E-state index in [0.717, 1.165) is 11.8 Å². The highest BCUT2D eigenvalue weighted by Gasteiger charge is 2.18. The van der Waals surface area contributed by atoms with Crippen molar-refractivity contribution in [1.29, 1.82) is 0 Å². The summed E-state index contributed by atoms with van der Waals surface area (Å²) in [6.45, 7) is 9.36. The summed E-state index contributed by atoms with van der Waals surface area (Å²) in [6, 6.07) is 0. The predicted octanol–water partition coefficient (Wildman–Crippen LogP) is 4.95. The van der Waals surface area contributed by atoms with Crippen molar-refractivity contribution in [3.05, 3.63) is 11.1 Å². The van der Waals surface area contributed by atoms with Gasteiger partial charge in [-0.2, -0.15) is 0 Å². The monoisotopic (exact) mass is 194 g/mol. The summed E-state index contributed by atoms with van der Waals surface area (Å²) in [4.78, 5) is 0. The van der Waals surface area contributed by atoms with Crippen molar-refractivity contribution in [2.24, 2.45) is 11.8 Å². The fourth-order valence-electron chi connectivity index (χ4n) is 2.44. The van der Waals surface area contributed by atoms with E-state index >= 15 is 0 Å². The maximum Gasteiger partial charge on any atom is -0.0280 e. The van der Waals surface area contributed by atoms with Gasteiger partial charge < -0.3 is 0 Å². The first-order chi connectivity index (χ1) is 6.63. The summed E-state index contributed by atoms with van der Waals surface area (Å²) in [5, 5.41) is 0. The molecule has 1 atom stereocenters. The highest BCUT2D eigenvalue weighted by molar-refractivity contribution is 5.23. The molecule has 0 aromatic heterocycles. The SMILES string of the molecule is CCCC(CC(C)=C1CC1)CC(C)C. The van der Waals surface area contributed by atoms with Gasteiger partial charge in [0.2, 0.25) is 0 Å². The molecule has 1 unspecified atom stereocenters. The molecule has 0 heterocycles. The number of allylic oxidation sites excluding steroid dienone is 2. The van der Waals surface area contributed by atoms with Crippen molar-refractivity contribution >= 4 is 0 Å². The lowest BCUT2D eigenvalue weighted by Gasteiger charge is -2.18. The van der Waals surface area contributed by atoms with Gasteiger partial charge in [-0.3, -0.25) is 0 Å². The zero-order valence-corrected chi connectivity index (χ0v) is 10.4. The van der Waals surface area contributed by atoms with Crippen molar-refractivity contribution < 1.29 is 0 Å². The molecule has 1 saturated carbocycles. The molecule has 0 saturated heterocycles. The molecule has 82 valence electrons. The predicted molar refractivity (Wildman–Crippen MR) is 64.4 cm³/mol. The van der Waals surface area contributed by atoms with E-state index in [1.54, 1.807) is 11.1 Å². The van der Waals surface area contributed by atoms with Crippen LogP contribution in [0.5, 0.6) is 0 Å². The number of hydrogen-bond donors (Lipinski definition) is 0. The van der Waals surface area contributed by atoms with Crippen molar-refractivity contribution in [3.8, 4) is 0 Å². The zero-order chi connectivity index (χ0) is 10.6. The van der Waals surface area contributed by atoms with Crippen molar-refractivity contribution in [2.45, 2.75) is 66.2 Å². The van der Waals surface area contributed by atoms with Crippen LogP contribution < -0.4 is 0 Å². The molecule has 0 heteroatoms. The van der Waals surface area contributed by atoms with Crippen molar-refractivity contribution in [1.82, 2.24) is 0 Å². The molecule has 1 aliphatic rings. The van der Waals surface area contributed by atoms with Gasteiger partial charge in [-0.25, -0.2) is 0 Å². The Hall–Kier alpha value is -0.260. The van der Waals surface area contributed by atoms with Gasteiger partial charge in [-0.05, 0) is 44.4 Å². The second-order valence-electron chi connectivity index (χ2n) is 5.37. The maximum absolute atomic E-state index is 2.35. The summed E-state index contributed by atoms with van der Waals surface area (Å²) >= 11 is 0. The molecule has 1 aliphatic carbocycles. The Balaban J connectivity index is 2.37. The van der Waals surface area contributed by atoms with Gasteiger partial charge in [0, 0.05) is 0 Å². The maximum atomic E-state index is 2.35. The van der Waals surface area contributed by atoms with Crippen molar-refractivity contribution in [2.75, 3.05) is 0 Å². The first kappa shape index (κ1) is 11.8. The third-order valence-electron chi connectivity index (χ3n) is 3.20. The largest absolute Gasteiger partial charge is 0.0738 e. The first-order valence-corrected chi connectivity index (χ1v) is 6.31. The Kier molecular flexibility index (Phi) is 4.71. The lowest BCUT2D eigenvalue weighted by molar-refractivity contribution is 0.379. The average Bonchev–Trinajstić information content (AvgIpc) is 2.84. The van der Waals surface area contributed by atoms with Crippen LogP contribution in [-0.2, 0) is 0 Å². The Morgan fingerprint density at radius 1 is 1.29 bits per heavy atom. The van der Waals surface area contributed by atoms with Crippen LogP contribution >= 0.6 is 0 Å². The van der Waals surface area contributed by atoms with Crippen molar-refractivity contribution in [3.63, 3.8) is 0 Å². The zero-order valence-electron chi connectivity index (χ0n) is 10.4. The van der Waals surface area contributed by atoms with Gasteiger partial charge in [0.25, 0.3) is 0 Å². The summed E-state index contributed by atoms with van der Waals surface area (Å²) in [7, 11) is 0. The summed E-state index contributed by atoms with van der Waals surface area (Å²) in [6.07, 6.45) is 8.35. The van der Waals surface area contributed by atoms with E-state index in [1.807, 2.05) is 0 Å². The normalized spacial score (nSPS) is 17.4. The molecule has 0 spiro atoms.